The lowest BCUT2D eigenvalue weighted by Crippen LogP contribution is -2.22. The van der Waals surface area contributed by atoms with E-state index in [9.17, 15) is 4.79 Å². The molecule has 0 amide bonds. The highest BCUT2D eigenvalue weighted by Crippen LogP contribution is 2.27. The van der Waals surface area contributed by atoms with Gasteiger partial charge < -0.3 is 9.84 Å². The number of hydrogen-bond acceptors (Lipinski definition) is 2. The molecule has 4 heteroatoms. The average molecular weight is 283 g/mol. The van der Waals surface area contributed by atoms with Crippen LogP contribution in [-0.2, 0) is 4.79 Å². The molecule has 0 aromatic heterocycles. The van der Waals surface area contributed by atoms with Crippen molar-refractivity contribution < 1.29 is 14.6 Å². The smallest absolute Gasteiger partial charge is 0.369 e. The van der Waals surface area contributed by atoms with Crippen LogP contribution in [0.5, 0.6) is 5.75 Å². The van der Waals surface area contributed by atoms with Gasteiger partial charge in [0.05, 0.1) is 19.8 Å². The van der Waals surface area contributed by atoms with E-state index in [0.717, 1.165) is 16.3 Å². The van der Waals surface area contributed by atoms with E-state index in [0.29, 0.717) is 5.75 Å². The Labute approximate surface area is 123 Å². The Bertz CT molecular complexity index is 728. The van der Waals surface area contributed by atoms with Gasteiger partial charge in [-0.3, -0.25) is 9.64 Å². The van der Waals surface area contributed by atoms with E-state index >= 15 is 0 Å². The molecule has 0 aliphatic heterocycles. The molecule has 2 aromatic carbocycles. The average Bonchev–Trinajstić information content (AvgIpc) is 2.45. The lowest BCUT2D eigenvalue weighted by Gasteiger charge is -2.14. The van der Waals surface area contributed by atoms with Gasteiger partial charge in [-0.25, -0.2) is 6.57 Å². The summed E-state index contributed by atoms with van der Waals surface area (Å²) >= 11 is 0. The van der Waals surface area contributed by atoms with Crippen LogP contribution in [0, 0.1) is 6.57 Å². The van der Waals surface area contributed by atoms with Crippen LogP contribution in [0.15, 0.2) is 36.4 Å². The fraction of sp³-hybridized carbons (Fsp3) is 0.294. The van der Waals surface area contributed by atoms with E-state index in [-0.39, 0.29) is 0 Å². The summed E-state index contributed by atoms with van der Waals surface area (Å²) in [6.07, 6.45) is 0. The molecule has 21 heavy (non-hydrogen) atoms. The SMILES string of the molecule is [C-]#[N+]C(C)(C)Oc1ccc2cc([C@H](C)C(=O)O)ccc2c1. The number of fused-ring (bicyclic) bond motifs is 1. The van der Waals surface area contributed by atoms with Crippen molar-refractivity contribution in [1.82, 2.24) is 0 Å². The largest absolute Gasteiger partial charge is 0.481 e. The molecule has 1 N–H and O–H groups in total. The van der Waals surface area contributed by atoms with Crippen LogP contribution in [0.3, 0.4) is 0 Å². The molecule has 0 spiro atoms. The predicted molar refractivity (Wildman–Crippen MR) is 81.3 cm³/mol. The zero-order valence-electron chi connectivity index (χ0n) is 12.3. The summed E-state index contributed by atoms with van der Waals surface area (Å²) in [4.78, 5) is 14.4. The van der Waals surface area contributed by atoms with Crippen molar-refractivity contribution >= 4 is 16.7 Å². The Morgan fingerprint density at radius 3 is 2.48 bits per heavy atom. The van der Waals surface area contributed by atoms with E-state index < -0.39 is 17.6 Å². The minimum atomic E-state index is -0.897. The van der Waals surface area contributed by atoms with Gasteiger partial charge in [-0.05, 0) is 35.4 Å². The maximum atomic E-state index is 11.0. The van der Waals surface area contributed by atoms with Crippen molar-refractivity contribution in [2.75, 3.05) is 0 Å². The molecule has 0 aliphatic rings. The summed E-state index contributed by atoms with van der Waals surface area (Å²) in [7, 11) is 0. The van der Waals surface area contributed by atoms with Gasteiger partial charge in [0.15, 0.2) is 0 Å². The molecule has 0 radical (unpaired) electrons. The second-order valence-electron chi connectivity index (χ2n) is 5.49. The number of carboxylic acids is 1. The maximum Gasteiger partial charge on any atom is 0.369 e. The number of hydrogen-bond donors (Lipinski definition) is 1. The van der Waals surface area contributed by atoms with E-state index in [2.05, 4.69) is 4.85 Å². The molecule has 0 heterocycles. The highest BCUT2D eigenvalue weighted by molar-refractivity contribution is 5.86. The second kappa shape index (κ2) is 5.45. The fourth-order valence-corrected chi connectivity index (χ4v) is 2.03. The Hall–Kier alpha value is -2.54. The van der Waals surface area contributed by atoms with Crippen molar-refractivity contribution in [3.05, 3.63) is 53.4 Å². The molecule has 0 fully saturated rings. The quantitative estimate of drug-likeness (QED) is 0.861. The molecule has 0 aliphatic carbocycles. The molecule has 0 saturated heterocycles. The first-order valence-electron chi connectivity index (χ1n) is 6.66. The number of nitrogens with zero attached hydrogens (tertiary/aromatic N) is 1. The number of benzene rings is 2. The molecule has 0 bridgehead atoms. The van der Waals surface area contributed by atoms with Gasteiger partial charge in [-0.2, -0.15) is 0 Å². The topological polar surface area (TPSA) is 50.9 Å². The van der Waals surface area contributed by atoms with Crippen LogP contribution in [0.4, 0.5) is 0 Å². The highest BCUT2D eigenvalue weighted by atomic mass is 16.5. The minimum Gasteiger partial charge on any atom is -0.481 e. The van der Waals surface area contributed by atoms with Gasteiger partial charge in [-0.1, -0.05) is 24.3 Å². The van der Waals surface area contributed by atoms with Gasteiger partial charge in [0, 0.05) is 0 Å². The minimum absolute atomic E-state index is 0.536. The van der Waals surface area contributed by atoms with Crippen LogP contribution in [-0.4, -0.2) is 16.8 Å². The van der Waals surface area contributed by atoms with Crippen molar-refractivity contribution in [2.45, 2.75) is 32.4 Å². The lowest BCUT2D eigenvalue weighted by molar-refractivity contribution is -0.138. The summed E-state index contributed by atoms with van der Waals surface area (Å²) in [6, 6.07) is 11.1. The normalized spacial score (nSPS) is 12.7. The van der Waals surface area contributed by atoms with Crippen LogP contribution >= 0.6 is 0 Å². The summed E-state index contributed by atoms with van der Waals surface area (Å²) in [5.74, 6) is -0.748. The summed E-state index contributed by atoms with van der Waals surface area (Å²) in [6.45, 7) is 12.2. The van der Waals surface area contributed by atoms with Crippen molar-refractivity contribution in [1.29, 1.82) is 0 Å². The summed E-state index contributed by atoms with van der Waals surface area (Å²) < 4.78 is 5.63. The zero-order chi connectivity index (χ0) is 15.6. The number of carboxylic acid groups (broad SMARTS) is 1. The third-order valence-corrected chi connectivity index (χ3v) is 3.34. The zero-order valence-corrected chi connectivity index (χ0v) is 12.3. The first kappa shape index (κ1) is 14.9. The Kier molecular flexibility index (Phi) is 3.86. The third kappa shape index (κ3) is 3.32. The maximum absolute atomic E-state index is 11.0. The molecule has 108 valence electrons. The van der Waals surface area contributed by atoms with Crippen molar-refractivity contribution in [3.63, 3.8) is 0 Å². The molecule has 0 saturated carbocycles. The number of ether oxygens (including phenoxy) is 1. The van der Waals surface area contributed by atoms with Crippen LogP contribution in [0.2, 0.25) is 0 Å². The number of aliphatic carboxylic acids is 1. The van der Waals surface area contributed by atoms with Crippen molar-refractivity contribution in [3.8, 4) is 5.75 Å². The standard InChI is InChI=1S/C17H17NO3/c1-11(16(19)20)12-5-6-14-10-15(8-7-13(14)9-12)21-17(2,3)18-4/h5-11H,1-3H3,(H,19,20)/t11-/m0/s1. The van der Waals surface area contributed by atoms with Gasteiger partial charge in [0.1, 0.15) is 5.75 Å². The first-order valence-corrected chi connectivity index (χ1v) is 6.66. The Morgan fingerprint density at radius 1 is 1.24 bits per heavy atom. The molecule has 2 aromatic rings. The lowest BCUT2D eigenvalue weighted by atomic mass is 9.98. The van der Waals surface area contributed by atoms with E-state index in [1.165, 1.54) is 0 Å². The second-order valence-corrected chi connectivity index (χ2v) is 5.49. The molecule has 2 rings (SSSR count). The Balaban J connectivity index is 2.36. The molecule has 1 atom stereocenters. The van der Waals surface area contributed by atoms with Gasteiger partial charge in [-0.15, -0.1) is 0 Å². The summed E-state index contributed by atoms with van der Waals surface area (Å²) in [5, 5.41) is 11.0. The monoisotopic (exact) mass is 283 g/mol. The van der Waals surface area contributed by atoms with Gasteiger partial charge in [0.25, 0.3) is 0 Å². The van der Waals surface area contributed by atoms with E-state index in [4.69, 9.17) is 16.4 Å². The summed E-state index contributed by atoms with van der Waals surface area (Å²) in [5.41, 5.74) is -0.129. The highest BCUT2D eigenvalue weighted by Gasteiger charge is 2.24. The van der Waals surface area contributed by atoms with Crippen molar-refractivity contribution in [2.24, 2.45) is 0 Å². The van der Waals surface area contributed by atoms with Gasteiger partial charge in [0.2, 0.25) is 0 Å². The molecular weight excluding hydrogens is 266 g/mol. The third-order valence-electron chi connectivity index (χ3n) is 3.34. The van der Waals surface area contributed by atoms with Crippen LogP contribution in [0.1, 0.15) is 32.3 Å². The van der Waals surface area contributed by atoms with Crippen LogP contribution in [0.25, 0.3) is 15.6 Å². The Morgan fingerprint density at radius 2 is 1.86 bits per heavy atom. The van der Waals surface area contributed by atoms with E-state index in [1.807, 2.05) is 30.3 Å². The number of carbonyl (C=O) groups is 1. The fourth-order valence-electron chi connectivity index (χ4n) is 2.03. The van der Waals surface area contributed by atoms with Gasteiger partial charge >= 0.3 is 11.7 Å². The van der Waals surface area contributed by atoms with Crippen LogP contribution < -0.4 is 4.74 Å². The molecule has 4 nitrogen and oxygen atoms in total. The molecular formula is C17H17NO3. The van der Waals surface area contributed by atoms with E-state index in [1.54, 1.807) is 26.8 Å². The first-order chi connectivity index (χ1) is 9.82. The predicted octanol–water partition coefficient (Wildman–Crippen LogP) is 4.06. The number of rotatable bonds is 4. The molecule has 0 unspecified atom stereocenters.